The van der Waals surface area contributed by atoms with Crippen molar-refractivity contribution < 1.29 is 32.6 Å². The van der Waals surface area contributed by atoms with Gasteiger partial charge in [0.05, 0.1) is 10.6 Å². The van der Waals surface area contributed by atoms with Crippen LogP contribution in [0.1, 0.15) is 34.8 Å². The van der Waals surface area contributed by atoms with Crippen LogP contribution in [-0.2, 0) is 17.4 Å². The summed E-state index contributed by atoms with van der Waals surface area (Å²) in [6.45, 7) is 1.33. The Hall–Kier alpha value is -2.54. The molecule has 26 heavy (non-hydrogen) atoms. The van der Waals surface area contributed by atoms with E-state index in [0.29, 0.717) is 5.56 Å². The summed E-state index contributed by atoms with van der Waals surface area (Å²) in [4.78, 5) is 22.5. The van der Waals surface area contributed by atoms with Gasteiger partial charge in [0.15, 0.2) is 5.78 Å². The smallest absolute Gasteiger partial charge is 0.416 e. The highest BCUT2D eigenvalue weighted by molar-refractivity contribution is 6.32. The molecule has 0 fully saturated rings. The summed E-state index contributed by atoms with van der Waals surface area (Å²) >= 11 is 5.85. The Balaban J connectivity index is 2.28. The van der Waals surface area contributed by atoms with E-state index < -0.39 is 17.7 Å². The maximum absolute atomic E-state index is 12.7. The molecule has 0 aromatic heterocycles. The molecular weight excluding hydrogens is 373 g/mol. The molecule has 0 saturated heterocycles. The van der Waals surface area contributed by atoms with E-state index in [9.17, 15) is 22.8 Å². The Morgan fingerprint density at radius 3 is 2.38 bits per heavy atom. The van der Waals surface area contributed by atoms with Crippen molar-refractivity contribution in [3.63, 3.8) is 0 Å². The van der Waals surface area contributed by atoms with E-state index >= 15 is 0 Å². The number of hydrogen-bond acceptors (Lipinski definition) is 3. The van der Waals surface area contributed by atoms with Gasteiger partial charge >= 0.3 is 12.1 Å². The quantitative estimate of drug-likeness (QED) is 0.678. The molecule has 0 unspecified atom stereocenters. The first kappa shape index (κ1) is 19.8. The SMILES string of the molecule is CC(=O)c1cc(Oc2ccc(C(F)(F)F)cc2Cl)ccc1CCC(=O)O. The molecule has 1 N–H and O–H groups in total. The van der Waals surface area contributed by atoms with Gasteiger partial charge in [0.25, 0.3) is 0 Å². The molecular formula is C18H14ClF3O4. The number of aliphatic carboxylic acids is 1. The maximum Gasteiger partial charge on any atom is 0.416 e. The second-order valence-corrected chi connectivity index (χ2v) is 5.92. The zero-order chi connectivity index (χ0) is 19.5. The van der Waals surface area contributed by atoms with Gasteiger partial charge in [-0.05, 0) is 49.2 Å². The molecule has 0 saturated carbocycles. The third-order valence-corrected chi connectivity index (χ3v) is 3.85. The first-order chi connectivity index (χ1) is 12.1. The van der Waals surface area contributed by atoms with E-state index in [0.717, 1.165) is 18.2 Å². The van der Waals surface area contributed by atoms with Crippen LogP contribution >= 0.6 is 11.6 Å². The van der Waals surface area contributed by atoms with Crippen LogP contribution < -0.4 is 4.74 Å². The minimum atomic E-state index is -4.52. The lowest BCUT2D eigenvalue weighted by molar-refractivity contribution is -0.138. The molecule has 2 rings (SSSR count). The van der Waals surface area contributed by atoms with Crippen molar-refractivity contribution in [3.05, 3.63) is 58.1 Å². The molecule has 0 aliphatic heterocycles. The molecule has 0 radical (unpaired) electrons. The molecule has 0 spiro atoms. The third-order valence-electron chi connectivity index (χ3n) is 3.56. The van der Waals surface area contributed by atoms with Gasteiger partial charge < -0.3 is 9.84 Å². The largest absolute Gasteiger partial charge is 0.481 e. The minimum Gasteiger partial charge on any atom is -0.481 e. The Morgan fingerprint density at radius 1 is 1.15 bits per heavy atom. The average molecular weight is 387 g/mol. The zero-order valence-corrected chi connectivity index (χ0v) is 14.3. The number of carbonyl (C=O) groups excluding carboxylic acids is 1. The third kappa shape index (κ3) is 4.98. The molecule has 8 heteroatoms. The van der Waals surface area contributed by atoms with Crippen LogP contribution in [-0.4, -0.2) is 16.9 Å². The van der Waals surface area contributed by atoms with Crippen molar-refractivity contribution in [1.82, 2.24) is 0 Å². The molecule has 0 bridgehead atoms. The van der Waals surface area contributed by atoms with Gasteiger partial charge in [-0.25, -0.2) is 0 Å². The molecule has 0 aliphatic rings. The van der Waals surface area contributed by atoms with Crippen LogP contribution in [0.15, 0.2) is 36.4 Å². The van der Waals surface area contributed by atoms with Crippen molar-refractivity contribution >= 4 is 23.4 Å². The molecule has 0 amide bonds. The standard InChI is InChI=1S/C18H14ClF3O4/c1-10(23)14-9-13(5-2-11(14)3-7-17(24)25)26-16-6-4-12(8-15(16)19)18(20,21)22/h2,4-6,8-9H,3,7H2,1H3,(H,24,25). The van der Waals surface area contributed by atoms with Crippen LogP contribution in [0.4, 0.5) is 13.2 Å². The summed E-state index contributed by atoms with van der Waals surface area (Å²) in [5, 5.41) is 8.54. The van der Waals surface area contributed by atoms with Gasteiger partial charge in [-0.2, -0.15) is 13.2 Å². The number of benzene rings is 2. The summed E-state index contributed by atoms with van der Waals surface area (Å²) in [5.41, 5.74) is -0.0687. The summed E-state index contributed by atoms with van der Waals surface area (Å²) in [6, 6.07) is 7.15. The number of carboxylic acids is 1. The van der Waals surface area contributed by atoms with Gasteiger partial charge in [0, 0.05) is 12.0 Å². The number of hydrogen-bond donors (Lipinski definition) is 1. The first-order valence-electron chi connectivity index (χ1n) is 7.48. The average Bonchev–Trinajstić information content (AvgIpc) is 2.54. The van der Waals surface area contributed by atoms with E-state index in [1.165, 1.54) is 19.1 Å². The lowest BCUT2D eigenvalue weighted by atomic mass is 10.00. The van der Waals surface area contributed by atoms with E-state index in [2.05, 4.69) is 0 Å². The number of carbonyl (C=O) groups is 2. The van der Waals surface area contributed by atoms with E-state index in [-0.39, 0.29) is 40.7 Å². The topological polar surface area (TPSA) is 63.6 Å². The van der Waals surface area contributed by atoms with Crippen LogP contribution in [0.5, 0.6) is 11.5 Å². The number of carboxylic acid groups (broad SMARTS) is 1. The summed E-state index contributed by atoms with van der Waals surface area (Å²) < 4.78 is 43.5. The lowest BCUT2D eigenvalue weighted by Crippen LogP contribution is -2.05. The molecule has 2 aromatic rings. The number of ether oxygens (including phenoxy) is 1. The summed E-state index contributed by atoms with van der Waals surface area (Å²) in [5.74, 6) is -1.06. The number of Topliss-reactive ketones (excluding diaryl/α,β-unsaturated/α-hetero) is 1. The fourth-order valence-corrected chi connectivity index (χ4v) is 2.51. The summed E-state index contributed by atoms with van der Waals surface area (Å²) in [6.07, 6.45) is -4.48. The predicted molar refractivity (Wildman–Crippen MR) is 88.9 cm³/mol. The van der Waals surface area contributed by atoms with Gasteiger partial charge in [-0.3, -0.25) is 9.59 Å². The van der Waals surface area contributed by atoms with Gasteiger partial charge in [0.1, 0.15) is 11.5 Å². The fourth-order valence-electron chi connectivity index (χ4n) is 2.29. The van der Waals surface area contributed by atoms with E-state index in [4.69, 9.17) is 21.4 Å². The van der Waals surface area contributed by atoms with E-state index in [1.807, 2.05) is 0 Å². The van der Waals surface area contributed by atoms with Crippen molar-refractivity contribution in [2.75, 3.05) is 0 Å². The number of halogens is 4. The number of alkyl halides is 3. The van der Waals surface area contributed by atoms with Crippen molar-refractivity contribution in [1.29, 1.82) is 0 Å². The molecule has 0 atom stereocenters. The van der Waals surface area contributed by atoms with Crippen LogP contribution in [0, 0.1) is 0 Å². The fraction of sp³-hybridized carbons (Fsp3) is 0.222. The van der Waals surface area contributed by atoms with Crippen LogP contribution in [0.2, 0.25) is 5.02 Å². The zero-order valence-electron chi connectivity index (χ0n) is 13.6. The highest BCUT2D eigenvalue weighted by Crippen LogP contribution is 2.36. The Bertz CT molecular complexity index is 847. The van der Waals surface area contributed by atoms with Gasteiger partial charge in [-0.15, -0.1) is 0 Å². The summed E-state index contributed by atoms with van der Waals surface area (Å²) in [7, 11) is 0. The Labute approximate surface area is 152 Å². The number of ketones is 1. The second kappa shape index (κ2) is 7.78. The normalized spacial score (nSPS) is 11.3. The molecule has 4 nitrogen and oxygen atoms in total. The van der Waals surface area contributed by atoms with Crippen molar-refractivity contribution in [2.45, 2.75) is 25.9 Å². The van der Waals surface area contributed by atoms with Crippen molar-refractivity contribution in [2.24, 2.45) is 0 Å². The molecule has 138 valence electrons. The van der Waals surface area contributed by atoms with Crippen molar-refractivity contribution in [3.8, 4) is 11.5 Å². The maximum atomic E-state index is 12.7. The van der Waals surface area contributed by atoms with Gasteiger partial charge in [-0.1, -0.05) is 17.7 Å². The molecule has 2 aromatic carbocycles. The minimum absolute atomic E-state index is 0.00690. The first-order valence-corrected chi connectivity index (χ1v) is 7.86. The molecule has 0 heterocycles. The number of aryl methyl sites for hydroxylation is 1. The Morgan fingerprint density at radius 2 is 1.85 bits per heavy atom. The van der Waals surface area contributed by atoms with E-state index in [1.54, 1.807) is 6.07 Å². The predicted octanol–water partition coefficient (Wildman–Crippen LogP) is 5.37. The van der Waals surface area contributed by atoms with Crippen LogP contribution in [0.3, 0.4) is 0 Å². The highest BCUT2D eigenvalue weighted by atomic mass is 35.5. The monoisotopic (exact) mass is 386 g/mol. The highest BCUT2D eigenvalue weighted by Gasteiger charge is 2.31. The molecule has 0 aliphatic carbocycles. The van der Waals surface area contributed by atoms with Crippen LogP contribution in [0.25, 0.3) is 0 Å². The lowest BCUT2D eigenvalue weighted by Gasteiger charge is -2.13. The van der Waals surface area contributed by atoms with Gasteiger partial charge in [0.2, 0.25) is 0 Å². The Kier molecular flexibility index (Phi) is 5.92. The number of rotatable bonds is 6. The second-order valence-electron chi connectivity index (χ2n) is 5.51.